The summed E-state index contributed by atoms with van der Waals surface area (Å²) in [7, 11) is 0. The van der Waals surface area contributed by atoms with Crippen molar-refractivity contribution in [2.75, 3.05) is 0 Å². The van der Waals surface area contributed by atoms with E-state index in [9.17, 15) is 5.11 Å². The van der Waals surface area contributed by atoms with Crippen LogP contribution in [0.3, 0.4) is 0 Å². The van der Waals surface area contributed by atoms with Crippen molar-refractivity contribution in [1.82, 2.24) is 5.32 Å². The average Bonchev–Trinajstić information content (AvgIpc) is 3.14. The van der Waals surface area contributed by atoms with Crippen LogP contribution in [0.2, 0.25) is 10.0 Å². The van der Waals surface area contributed by atoms with Crippen molar-refractivity contribution < 1.29 is 9.84 Å². The third-order valence-corrected chi connectivity index (χ3v) is 4.43. The first-order valence-corrected chi connectivity index (χ1v) is 7.95. The molecule has 0 saturated heterocycles. The zero-order chi connectivity index (χ0) is 14.1. The van der Waals surface area contributed by atoms with Gasteiger partial charge in [0.05, 0.1) is 11.1 Å². The second-order valence-electron chi connectivity index (χ2n) is 5.69. The fourth-order valence-electron chi connectivity index (χ4n) is 2.61. The van der Waals surface area contributed by atoms with Crippen LogP contribution in [0.4, 0.5) is 0 Å². The normalized spacial score (nSPS) is 25.9. The van der Waals surface area contributed by atoms with E-state index in [1.54, 1.807) is 6.07 Å². The summed E-state index contributed by atoms with van der Waals surface area (Å²) in [6.45, 7) is 0.698. The highest BCUT2D eigenvalue weighted by Gasteiger charge is 2.29. The van der Waals surface area contributed by atoms with Crippen LogP contribution in [-0.2, 0) is 6.54 Å². The standard InChI is InChI=1S/C15H19Cl2NO2/c16-10-6-9(8-18-11-4-5-11)15(12(17)7-10)20-14-3-1-2-13(14)19/h6-7,11,13-14,18-19H,1-5,8H2. The fourth-order valence-corrected chi connectivity index (χ4v) is 3.19. The molecule has 2 N–H and O–H groups in total. The smallest absolute Gasteiger partial charge is 0.143 e. The molecule has 0 heterocycles. The number of aliphatic hydroxyl groups excluding tert-OH is 1. The van der Waals surface area contributed by atoms with Gasteiger partial charge in [-0.3, -0.25) is 0 Å². The quantitative estimate of drug-likeness (QED) is 0.873. The Kier molecular flexibility index (Phi) is 4.41. The number of halogens is 2. The predicted octanol–water partition coefficient (Wildman–Crippen LogP) is 3.54. The molecule has 1 aromatic carbocycles. The van der Waals surface area contributed by atoms with E-state index in [2.05, 4.69) is 5.32 Å². The third-order valence-electron chi connectivity index (χ3n) is 3.93. The van der Waals surface area contributed by atoms with Crippen LogP contribution < -0.4 is 10.1 Å². The molecule has 5 heteroatoms. The summed E-state index contributed by atoms with van der Waals surface area (Å²) in [6, 6.07) is 4.19. The lowest BCUT2D eigenvalue weighted by Crippen LogP contribution is -2.26. The van der Waals surface area contributed by atoms with Crippen LogP contribution >= 0.6 is 23.2 Å². The Morgan fingerprint density at radius 1 is 1.20 bits per heavy atom. The molecule has 0 radical (unpaired) electrons. The van der Waals surface area contributed by atoms with E-state index in [0.29, 0.717) is 28.4 Å². The molecule has 2 aliphatic carbocycles. The molecule has 2 aliphatic rings. The summed E-state index contributed by atoms with van der Waals surface area (Å²) >= 11 is 12.4. The molecule has 110 valence electrons. The van der Waals surface area contributed by atoms with Gasteiger partial charge in [0, 0.05) is 23.2 Å². The second kappa shape index (κ2) is 6.10. The zero-order valence-corrected chi connectivity index (χ0v) is 12.8. The van der Waals surface area contributed by atoms with Crippen LogP contribution in [0, 0.1) is 0 Å². The van der Waals surface area contributed by atoms with Crippen molar-refractivity contribution in [3.63, 3.8) is 0 Å². The van der Waals surface area contributed by atoms with Gasteiger partial charge in [-0.2, -0.15) is 0 Å². The number of hydrogen-bond acceptors (Lipinski definition) is 3. The van der Waals surface area contributed by atoms with Crippen molar-refractivity contribution in [3.05, 3.63) is 27.7 Å². The van der Waals surface area contributed by atoms with E-state index in [0.717, 1.165) is 24.8 Å². The molecule has 2 atom stereocenters. The Hall–Kier alpha value is -0.480. The molecule has 20 heavy (non-hydrogen) atoms. The molecule has 0 aliphatic heterocycles. The molecule has 2 saturated carbocycles. The van der Waals surface area contributed by atoms with Crippen molar-refractivity contribution in [1.29, 1.82) is 0 Å². The summed E-state index contributed by atoms with van der Waals surface area (Å²) in [5, 5.41) is 14.5. The van der Waals surface area contributed by atoms with Gasteiger partial charge in [0.15, 0.2) is 0 Å². The maximum atomic E-state index is 9.90. The topological polar surface area (TPSA) is 41.5 Å². The first kappa shape index (κ1) is 14.5. The summed E-state index contributed by atoms with van der Waals surface area (Å²) in [6.07, 6.45) is 4.56. The Balaban J connectivity index is 1.78. The van der Waals surface area contributed by atoms with E-state index in [1.165, 1.54) is 12.8 Å². The molecule has 0 bridgehead atoms. The van der Waals surface area contributed by atoms with Gasteiger partial charge in [-0.15, -0.1) is 0 Å². The monoisotopic (exact) mass is 315 g/mol. The summed E-state index contributed by atoms with van der Waals surface area (Å²) in [5.41, 5.74) is 0.966. The number of aliphatic hydroxyl groups is 1. The van der Waals surface area contributed by atoms with E-state index in [1.807, 2.05) is 6.07 Å². The van der Waals surface area contributed by atoms with Crippen molar-refractivity contribution >= 4 is 23.2 Å². The molecular weight excluding hydrogens is 297 g/mol. The van der Waals surface area contributed by atoms with Gasteiger partial charge in [-0.1, -0.05) is 23.2 Å². The minimum absolute atomic E-state index is 0.159. The Bertz CT molecular complexity index is 491. The van der Waals surface area contributed by atoms with Gasteiger partial charge in [0.2, 0.25) is 0 Å². The van der Waals surface area contributed by atoms with Crippen LogP contribution in [0.1, 0.15) is 37.7 Å². The van der Waals surface area contributed by atoms with Crippen molar-refractivity contribution in [2.45, 2.75) is 56.9 Å². The first-order valence-electron chi connectivity index (χ1n) is 7.19. The fraction of sp³-hybridized carbons (Fsp3) is 0.600. The van der Waals surface area contributed by atoms with Crippen molar-refractivity contribution in [3.8, 4) is 5.75 Å². The largest absolute Gasteiger partial charge is 0.486 e. The summed E-state index contributed by atoms with van der Waals surface area (Å²) in [4.78, 5) is 0. The van der Waals surface area contributed by atoms with E-state index >= 15 is 0 Å². The van der Waals surface area contributed by atoms with Gasteiger partial charge in [0.25, 0.3) is 0 Å². The Morgan fingerprint density at radius 3 is 2.65 bits per heavy atom. The molecular formula is C15H19Cl2NO2. The maximum Gasteiger partial charge on any atom is 0.143 e. The summed E-state index contributed by atoms with van der Waals surface area (Å²) in [5.74, 6) is 0.662. The number of hydrogen-bond donors (Lipinski definition) is 2. The lowest BCUT2D eigenvalue weighted by molar-refractivity contribution is 0.0598. The Labute approximate surface area is 129 Å². The highest BCUT2D eigenvalue weighted by Crippen LogP contribution is 2.36. The van der Waals surface area contributed by atoms with Crippen LogP contribution in [-0.4, -0.2) is 23.4 Å². The predicted molar refractivity (Wildman–Crippen MR) is 80.6 cm³/mol. The highest BCUT2D eigenvalue weighted by atomic mass is 35.5. The molecule has 0 spiro atoms. The van der Waals surface area contributed by atoms with Gasteiger partial charge >= 0.3 is 0 Å². The second-order valence-corrected chi connectivity index (χ2v) is 6.53. The van der Waals surface area contributed by atoms with Gasteiger partial charge < -0.3 is 15.2 Å². The van der Waals surface area contributed by atoms with Crippen LogP contribution in [0.5, 0.6) is 5.75 Å². The molecule has 2 fully saturated rings. The third kappa shape index (κ3) is 3.40. The van der Waals surface area contributed by atoms with Crippen molar-refractivity contribution in [2.24, 2.45) is 0 Å². The molecule has 2 unspecified atom stereocenters. The average molecular weight is 316 g/mol. The first-order chi connectivity index (χ1) is 9.63. The van der Waals surface area contributed by atoms with Crippen LogP contribution in [0.15, 0.2) is 12.1 Å². The van der Waals surface area contributed by atoms with Gasteiger partial charge in [0.1, 0.15) is 11.9 Å². The lowest BCUT2D eigenvalue weighted by Gasteiger charge is -2.21. The van der Waals surface area contributed by atoms with Crippen LogP contribution in [0.25, 0.3) is 0 Å². The molecule has 0 aromatic heterocycles. The molecule has 3 rings (SSSR count). The zero-order valence-electron chi connectivity index (χ0n) is 11.2. The lowest BCUT2D eigenvalue weighted by atomic mass is 10.2. The van der Waals surface area contributed by atoms with E-state index in [4.69, 9.17) is 27.9 Å². The number of benzene rings is 1. The molecule has 0 amide bonds. The van der Waals surface area contributed by atoms with E-state index < -0.39 is 6.10 Å². The van der Waals surface area contributed by atoms with Gasteiger partial charge in [-0.25, -0.2) is 0 Å². The number of ether oxygens (including phenoxy) is 1. The molecule has 1 aromatic rings. The number of rotatable bonds is 5. The molecule has 3 nitrogen and oxygen atoms in total. The minimum atomic E-state index is -0.397. The van der Waals surface area contributed by atoms with Gasteiger partial charge in [-0.05, 0) is 44.2 Å². The maximum absolute atomic E-state index is 9.90. The summed E-state index contributed by atoms with van der Waals surface area (Å²) < 4.78 is 5.98. The SMILES string of the molecule is OC1CCCC1Oc1c(Cl)cc(Cl)cc1CNC1CC1. The minimum Gasteiger partial charge on any atom is -0.486 e. The number of nitrogens with one attached hydrogen (secondary N) is 1. The Morgan fingerprint density at radius 2 is 2.00 bits per heavy atom. The highest BCUT2D eigenvalue weighted by molar-refractivity contribution is 6.35. The van der Waals surface area contributed by atoms with E-state index in [-0.39, 0.29) is 6.10 Å².